The van der Waals surface area contributed by atoms with Crippen molar-refractivity contribution in [1.82, 2.24) is 0 Å². The van der Waals surface area contributed by atoms with Gasteiger partial charge in [0.2, 0.25) is 0 Å². The minimum atomic E-state index is -0.522. The van der Waals surface area contributed by atoms with Gasteiger partial charge in [-0.1, -0.05) is 188 Å². The molecular formula is C59H39NS. The summed E-state index contributed by atoms with van der Waals surface area (Å²) in [6.07, 6.45) is 0. The molecule has 0 bridgehead atoms. The van der Waals surface area contributed by atoms with Gasteiger partial charge in [-0.3, -0.25) is 0 Å². The first-order valence-corrected chi connectivity index (χ1v) is 21.8. The van der Waals surface area contributed by atoms with Crippen LogP contribution in [-0.2, 0) is 5.41 Å². The molecule has 1 aromatic heterocycles. The molecular weight excluding hydrogens is 755 g/mol. The quantitative estimate of drug-likeness (QED) is 0.155. The molecule has 0 amide bonds. The molecule has 1 aliphatic carbocycles. The van der Waals surface area contributed by atoms with Gasteiger partial charge in [-0.25, -0.2) is 0 Å². The number of para-hydroxylation sites is 1. The van der Waals surface area contributed by atoms with E-state index in [4.69, 9.17) is 0 Å². The molecule has 0 aliphatic heterocycles. The Kier molecular flexibility index (Phi) is 8.33. The van der Waals surface area contributed by atoms with E-state index in [0.29, 0.717) is 0 Å². The molecule has 0 fully saturated rings. The van der Waals surface area contributed by atoms with Crippen LogP contribution in [0.5, 0.6) is 0 Å². The van der Waals surface area contributed by atoms with Crippen LogP contribution in [0, 0.1) is 0 Å². The van der Waals surface area contributed by atoms with Gasteiger partial charge >= 0.3 is 0 Å². The van der Waals surface area contributed by atoms with Crippen molar-refractivity contribution in [2.75, 3.05) is 4.90 Å². The summed E-state index contributed by atoms with van der Waals surface area (Å²) in [6.45, 7) is 0. The maximum Gasteiger partial charge on any atom is 0.0714 e. The molecule has 0 saturated carbocycles. The molecule has 1 aliphatic rings. The molecule has 1 nitrogen and oxygen atoms in total. The first kappa shape index (κ1) is 35.4. The van der Waals surface area contributed by atoms with Crippen molar-refractivity contribution in [3.05, 3.63) is 259 Å². The largest absolute Gasteiger partial charge is 0.310 e. The lowest BCUT2D eigenvalue weighted by Crippen LogP contribution is -2.28. The maximum atomic E-state index is 2.49. The van der Waals surface area contributed by atoms with Gasteiger partial charge in [0.1, 0.15) is 0 Å². The summed E-state index contributed by atoms with van der Waals surface area (Å²) in [4.78, 5) is 2.49. The maximum absolute atomic E-state index is 2.49. The molecule has 0 unspecified atom stereocenters. The van der Waals surface area contributed by atoms with E-state index in [1.54, 1.807) is 0 Å². The predicted molar refractivity (Wildman–Crippen MR) is 260 cm³/mol. The number of thiophene rings is 1. The number of fused-ring (bicyclic) bond motifs is 7. The minimum Gasteiger partial charge on any atom is -0.310 e. The summed E-state index contributed by atoms with van der Waals surface area (Å²) in [5.41, 5.74) is 15.2. The average Bonchev–Trinajstić information content (AvgIpc) is 3.85. The second-order valence-corrected chi connectivity index (χ2v) is 17.1. The summed E-state index contributed by atoms with van der Waals surface area (Å²) in [5, 5.41) is 5.08. The fourth-order valence-electron chi connectivity index (χ4n) is 10.1. The Hall–Kier alpha value is -7.52. The normalized spacial score (nSPS) is 12.7. The van der Waals surface area contributed by atoms with E-state index in [0.717, 1.165) is 17.1 Å². The molecule has 0 saturated heterocycles. The third-order valence-electron chi connectivity index (χ3n) is 12.7. The molecule has 0 N–H and O–H groups in total. The highest BCUT2D eigenvalue weighted by molar-refractivity contribution is 7.25. The molecule has 0 radical (unpaired) electrons. The van der Waals surface area contributed by atoms with Crippen molar-refractivity contribution in [3.63, 3.8) is 0 Å². The van der Waals surface area contributed by atoms with E-state index in [-0.39, 0.29) is 0 Å². The van der Waals surface area contributed by atoms with Gasteiger partial charge in [-0.2, -0.15) is 0 Å². The third-order valence-corrected chi connectivity index (χ3v) is 13.9. The fourth-order valence-corrected chi connectivity index (χ4v) is 11.2. The Morgan fingerprint density at radius 1 is 0.328 bits per heavy atom. The number of nitrogens with zero attached hydrogens (tertiary/aromatic N) is 1. The fraction of sp³-hybridized carbons (Fsp3) is 0.0169. The van der Waals surface area contributed by atoms with E-state index >= 15 is 0 Å². The van der Waals surface area contributed by atoms with Crippen LogP contribution >= 0.6 is 11.3 Å². The highest BCUT2D eigenvalue weighted by Gasteiger charge is 2.46. The lowest BCUT2D eigenvalue weighted by molar-refractivity contribution is 0.768. The summed E-state index contributed by atoms with van der Waals surface area (Å²) < 4.78 is 2.62. The molecule has 286 valence electrons. The monoisotopic (exact) mass is 793 g/mol. The molecule has 11 aromatic rings. The van der Waals surface area contributed by atoms with Crippen molar-refractivity contribution in [2.45, 2.75) is 5.41 Å². The van der Waals surface area contributed by atoms with Gasteiger partial charge in [-0.05, 0) is 109 Å². The lowest BCUT2D eigenvalue weighted by Gasteiger charge is -2.35. The molecule has 12 rings (SSSR count). The van der Waals surface area contributed by atoms with Gasteiger partial charge in [0, 0.05) is 37.1 Å². The van der Waals surface area contributed by atoms with Crippen molar-refractivity contribution in [2.24, 2.45) is 0 Å². The Bertz CT molecular complexity index is 3390. The Balaban J connectivity index is 1.13. The van der Waals surface area contributed by atoms with Crippen LogP contribution in [0.15, 0.2) is 237 Å². The Labute approximate surface area is 360 Å². The lowest BCUT2D eigenvalue weighted by atomic mass is 9.67. The first-order chi connectivity index (χ1) is 30.3. The van der Waals surface area contributed by atoms with Gasteiger partial charge in [0.15, 0.2) is 0 Å². The highest BCUT2D eigenvalue weighted by atomic mass is 32.1. The number of hydrogen-bond acceptors (Lipinski definition) is 2. The van der Waals surface area contributed by atoms with E-state index in [2.05, 4.69) is 241 Å². The van der Waals surface area contributed by atoms with Crippen LogP contribution in [0.3, 0.4) is 0 Å². The molecule has 10 aromatic carbocycles. The third kappa shape index (κ3) is 5.60. The highest BCUT2D eigenvalue weighted by Crippen LogP contribution is 2.57. The summed E-state index contributed by atoms with van der Waals surface area (Å²) in [6, 6.07) is 87.5. The number of hydrogen-bond donors (Lipinski definition) is 0. The van der Waals surface area contributed by atoms with Crippen molar-refractivity contribution < 1.29 is 0 Å². The van der Waals surface area contributed by atoms with Gasteiger partial charge < -0.3 is 4.90 Å². The molecule has 0 atom stereocenters. The smallest absolute Gasteiger partial charge is 0.0714 e. The number of anilines is 3. The van der Waals surface area contributed by atoms with Crippen LogP contribution in [0.2, 0.25) is 0 Å². The number of benzene rings is 10. The van der Waals surface area contributed by atoms with Crippen LogP contribution in [-0.4, -0.2) is 0 Å². The Morgan fingerprint density at radius 3 is 1.75 bits per heavy atom. The van der Waals surface area contributed by atoms with Crippen LogP contribution in [0.1, 0.15) is 22.3 Å². The van der Waals surface area contributed by atoms with Gasteiger partial charge in [-0.15, -0.1) is 11.3 Å². The van der Waals surface area contributed by atoms with E-state index in [1.165, 1.54) is 86.6 Å². The predicted octanol–water partition coefficient (Wildman–Crippen LogP) is 16.4. The SMILES string of the molecule is c1ccc(C2(c3ccccc3)c3ccccc3-c3ccc(N(c4cccc(-c5cccc6ccccc56)c4)c4ccccc4-c4ccc5sc6ccccc6c5c4)cc32)cc1. The summed E-state index contributed by atoms with van der Waals surface area (Å²) >= 11 is 1.86. The van der Waals surface area contributed by atoms with E-state index in [9.17, 15) is 0 Å². The first-order valence-electron chi connectivity index (χ1n) is 21.0. The second kappa shape index (κ2) is 14.3. The minimum absolute atomic E-state index is 0.522. The standard InChI is InChI=1S/C59H39NS/c1-3-20-43(21-4-1)59(44-22-5-2-6-23-44)54-30-12-9-27-50(54)51-35-34-46(39-55(51)59)60(45-24-15-19-41(37-45)48-29-16-18-40-17-7-8-25-47(40)48)56-31-13-10-26-49(56)42-33-36-58-53(38-42)52-28-11-14-32-57(52)61-58/h1-39H. The van der Waals surface area contributed by atoms with E-state index in [1.807, 2.05) is 11.3 Å². The van der Waals surface area contributed by atoms with Crippen LogP contribution in [0.25, 0.3) is 64.3 Å². The summed E-state index contributed by atoms with van der Waals surface area (Å²) in [5.74, 6) is 0. The van der Waals surface area contributed by atoms with Crippen molar-refractivity contribution >= 4 is 59.3 Å². The molecule has 2 heteroatoms. The van der Waals surface area contributed by atoms with E-state index < -0.39 is 5.41 Å². The average molecular weight is 794 g/mol. The topological polar surface area (TPSA) is 3.24 Å². The zero-order valence-corrected chi connectivity index (χ0v) is 34.2. The van der Waals surface area contributed by atoms with Gasteiger partial charge in [0.25, 0.3) is 0 Å². The van der Waals surface area contributed by atoms with Crippen LogP contribution in [0.4, 0.5) is 17.1 Å². The number of rotatable bonds is 7. The molecule has 1 heterocycles. The summed E-state index contributed by atoms with van der Waals surface area (Å²) in [7, 11) is 0. The second-order valence-electron chi connectivity index (χ2n) is 16.0. The Morgan fingerprint density at radius 2 is 0.918 bits per heavy atom. The zero-order valence-electron chi connectivity index (χ0n) is 33.4. The van der Waals surface area contributed by atoms with Crippen molar-refractivity contribution in [1.29, 1.82) is 0 Å². The van der Waals surface area contributed by atoms with Gasteiger partial charge in [0.05, 0.1) is 11.1 Å². The zero-order chi connectivity index (χ0) is 40.3. The van der Waals surface area contributed by atoms with Crippen LogP contribution < -0.4 is 4.90 Å². The van der Waals surface area contributed by atoms with Crippen molar-refractivity contribution in [3.8, 4) is 33.4 Å². The molecule has 61 heavy (non-hydrogen) atoms. The molecule has 0 spiro atoms.